The molecule has 1 aromatic heterocycles. The SMILES string of the molecule is Cc1cc(C)n(C2CCC2O)n1. The maximum Gasteiger partial charge on any atom is 0.0782 e. The highest BCUT2D eigenvalue weighted by Crippen LogP contribution is 2.32. The molecule has 2 rings (SSSR count). The van der Waals surface area contributed by atoms with Gasteiger partial charge in [-0.3, -0.25) is 4.68 Å². The number of aryl methyl sites for hydroxylation is 2. The van der Waals surface area contributed by atoms with Crippen LogP contribution in [0.15, 0.2) is 6.07 Å². The van der Waals surface area contributed by atoms with Gasteiger partial charge in [0.05, 0.1) is 17.8 Å². The van der Waals surface area contributed by atoms with Crippen molar-refractivity contribution in [3.05, 3.63) is 17.5 Å². The van der Waals surface area contributed by atoms with Crippen LogP contribution in [0.25, 0.3) is 0 Å². The first-order valence-electron chi connectivity index (χ1n) is 4.39. The number of hydrogen-bond donors (Lipinski definition) is 1. The van der Waals surface area contributed by atoms with Crippen LogP contribution in [-0.4, -0.2) is 21.0 Å². The van der Waals surface area contributed by atoms with E-state index in [-0.39, 0.29) is 12.1 Å². The van der Waals surface area contributed by atoms with Crippen molar-refractivity contribution in [2.75, 3.05) is 0 Å². The molecule has 0 aliphatic heterocycles. The number of aliphatic hydroxyl groups excluding tert-OH is 1. The summed E-state index contributed by atoms with van der Waals surface area (Å²) in [5.74, 6) is 0. The molecule has 1 aliphatic rings. The van der Waals surface area contributed by atoms with E-state index in [9.17, 15) is 5.11 Å². The average Bonchev–Trinajstić information content (AvgIpc) is 2.28. The van der Waals surface area contributed by atoms with Crippen LogP contribution in [0.4, 0.5) is 0 Å². The van der Waals surface area contributed by atoms with Crippen molar-refractivity contribution in [2.45, 2.75) is 38.8 Å². The highest BCUT2D eigenvalue weighted by molar-refractivity contribution is 5.09. The third-order valence-corrected chi connectivity index (χ3v) is 2.56. The zero-order valence-corrected chi connectivity index (χ0v) is 7.49. The van der Waals surface area contributed by atoms with E-state index in [1.165, 1.54) is 0 Å². The topological polar surface area (TPSA) is 38.0 Å². The summed E-state index contributed by atoms with van der Waals surface area (Å²) < 4.78 is 1.95. The van der Waals surface area contributed by atoms with E-state index in [1.807, 2.05) is 24.6 Å². The second-order valence-electron chi connectivity index (χ2n) is 3.58. The van der Waals surface area contributed by atoms with E-state index < -0.39 is 0 Å². The molecule has 2 atom stereocenters. The molecule has 0 spiro atoms. The lowest BCUT2D eigenvalue weighted by atomic mass is 9.89. The first-order valence-corrected chi connectivity index (χ1v) is 4.39. The summed E-state index contributed by atoms with van der Waals surface area (Å²) >= 11 is 0. The maximum atomic E-state index is 9.43. The van der Waals surface area contributed by atoms with Gasteiger partial charge in [0.15, 0.2) is 0 Å². The molecule has 0 amide bonds. The van der Waals surface area contributed by atoms with Crippen molar-refractivity contribution < 1.29 is 5.11 Å². The van der Waals surface area contributed by atoms with Gasteiger partial charge in [-0.25, -0.2) is 0 Å². The van der Waals surface area contributed by atoms with Crippen LogP contribution in [-0.2, 0) is 0 Å². The molecule has 1 aromatic rings. The van der Waals surface area contributed by atoms with E-state index in [1.54, 1.807) is 0 Å². The lowest BCUT2D eigenvalue weighted by molar-refractivity contribution is 0.0242. The van der Waals surface area contributed by atoms with Gasteiger partial charge < -0.3 is 5.11 Å². The Bertz CT molecular complexity index is 293. The molecule has 3 heteroatoms. The third-order valence-electron chi connectivity index (χ3n) is 2.56. The van der Waals surface area contributed by atoms with Crippen LogP contribution in [0.3, 0.4) is 0 Å². The number of aliphatic hydroxyl groups is 1. The van der Waals surface area contributed by atoms with Crippen LogP contribution in [0.5, 0.6) is 0 Å². The minimum absolute atomic E-state index is 0.178. The Morgan fingerprint density at radius 1 is 1.50 bits per heavy atom. The van der Waals surface area contributed by atoms with Gasteiger partial charge in [0, 0.05) is 5.69 Å². The molecule has 0 bridgehead atoms. The van der Waals surface area contributed by atoms with Gasteiger partial charge in [0.2, 0.25) is 0 Å². The van der Waals surface area contributed by atoms with E-state index in [0.717, 1.165) is 24.2 Å². The van der Waals surface area contributed by atoms with Crippen molar-refractivity contribution in [2.24, 2.45) is 0 Å². The Kier molecular flexibility index (Phi) is 1.68. The normalized spacial score (nSPS) is 28.6. The Hall–Kier alpha value is -0.830. The highest BCUT2D eigenvalue weighted by Gasteiger charge is 2.31. The molecule has 1 N–H and O–H groups in total. The molecular weight excluding hydrogens is 152 g/mol. The minimum Gasteiger partial charge on any atom is -0.391 e. The van der Waals surface area contributed by atoms with Crippen molar-refractivity contribution in [3.63, 3.8) is 0 Å². The van der Waals surface area contributed by atoms with Gasteiger partial charge >= 0.3 is 0 Å². The Labute approximate surface area is 72.0 Å². The number of aromatic nitrogens is 2. The molecule has 0 radical (unpaired) electrons. The molecule has 1 saturated carbocycles. The quantitative estimate of drug-likeness (QED) is 0.680. The fourth-order valence-electron chi connectivity index (χ4n) is 1.73. The van der Waals surface area contributed by atoms with E-state index in [0.29, 0.717) is 0 Å². The van der Waals surface area contributed by atoms with E-state index in [2.05, 4.69) is 5.10 Å². The monoisotopic (exact) mass is 166 g/mol. The standard InChI is InChI=1S/C9H14N2O/c1-6-5-7(2)11(10-6)8-3-4-9(8)12/h5,8-9,12H,3-4H2,1-2H3. The number of nitrogens with zero attached hydrogens (tertiary/aromatic N) is 2. The van der Waals surface area contributed by atoms with Crippen LogP contribution >= 0.6 is 0 Å². The second-order valence-corrected chi connectivity index (χ2v) is 3.58. The fourth-order valence-corrected chi connectivity index (χ4v) is 1.73. The maximum absolute atomic E-state index is 9.43. The fraction of sp³-hybridized carbons (Fsp3) is 0.667. The zero-order valence-electron chi connectivity index (χ0n) is 7.49. The minimum atomic E-state index is -0.178. The van der Waals surface area contributed by atoms with Crippen molar-refractivity contribution in [1.82, 2.24) is 9.78 Å². The molecule has 0 aromatic carbocycles. The lowest BCUT2D eigenvalue weighted by Gasteiger charge is -2.33. The van der Waals surface area contributed by atoms with Gasteiger partial charge in [-0.15, -0.1) is 0 Å². The molecule has 1 heterocycles. The van der Waals surface area contributed by atoms with E-state index in [4.69, 9.17) is 0 Å². The van der Waals surface area contributed by atoms with Crippen molar-refractivity contribution in [1.29, 1.82) is 0 Å². The van der Waals surface area contributed by atoms with Crippen LogP contribution in [0.2, 0.25) is 0 Å². The van der Waals surface area contributed by atoms with Crippen molar-refractivity contribution >= 4 is 0 Å². The molecule has 12 heavy (non-hydrogen) atoms. The van der Waals surface area contributed by atoms with Gasteiger partial charge in [-0.05, 0) is 32.8 Å². The molecule has 0 saturated heterocycles. The predicted molar refractivity (Wildman–Crippen MR) is 46.0 cm³/mol. The third kappa shape index (κ3) is 1.05. The van der Waals surface area contributed by atoms with E-state index >= 15 is 0 Å². The average molecular weight is 166 g/mol. The highest BCUT2D eigenvalue weighted by atomic mass is 16.3. The smallest absolute Gasteiger partial charge is 0.0782 e. The summed E-state index contributed by atoms with van der Waals surface area (Å²) in [6.07, 6.45) is 1.80. The number of hydrogen-bond acceptors (Lipinski definition) is 2. The summed E-state index contributed by atoms with van der Waals surface area (Å²) in [6, 6.07) is 2.28. The Morgan fingerprint density at radius 2 is 2.25 bits per heavy atom. The van der Waals surface area contributed by atoms with Crippen molar-refractivity contribution in [3.8, 4) is 0 Å². The van der Waals surface area contributed by atoms with Crippen LogP contribution < -0.4 is 0 Å². The molecule has 3 nitrogen and oxygen atoms in total. The van der Waals surface area contributed by atoms with Gasteiger partial charge in [0.25, 0.3) is 0 Å². The summed E-state index contributed by atoms with van der Waals surface area (Å²) in [5.41, 5.74) is 2.18. The van der Waals surface area contributed by atoms with Crippen LogP contribution in [0.1, 0.15) is 30.3 Å². The zero-order chi connectivity index (χ0) is 8.72. The van der Waals surface area contributed by atoms with Gasteiger partial charge in [-0.1, -0.05) is 0 Å². The molecular formula is C9H14N2O. The molecule has 66 valence electrons. The summed E-state index contributed by atoms with van der Waals surface area (Å²) in [4.78, 5) is 0. The summed E-state index contributed by atoms with van der Waals surface area (Å²) in [5, 5.41) is 13.8. The number of rotatable bonds is 1. The first kappa shape index (κ1) is 7.80. The van der Waals surface area contributed by atoms with Gasteiger partial charge in [-0.2, -0.15) is 5.10 Å². The largest absolute Gasteiger partial charge is 0.391 e. The molecule has 1 fully saturated rings. The lowest BCUT2D eigenvalue weighted by Crippen LogP contribution is -2.34. The Morgan fingerprint density at radius 3 is 2.58 bits per heavy atom. The predicted octanol–water partition coefficient (Wildman–Crippen LogP) is 1.20. The molecule has 1 aliphatic carbocycles. The summed E-state index contributed by atoms with van der Waals surface area (Å²) in [7, 11) is 0. The second kappa shape index (κ2) is 2.59. The Balaban J connectivity index is 2.27. The van der Waals surface area contributed by atoms with Crippen LogP contribution in [0, 0.1) is 13.8 Å². The summed E-state index contributed by atoms with van der Waals surface area (Å²) in [6.45, 7) is 4.01. The molecule has 2 unspecified atom stereocenters. The van der Waals surface area contributed by atoms with Gasteiger partial charge in [0.1, 0.15) is 0 Å². The first-order chi connectivity index (χ1) is 5.68.